The summed E-state index contributed by atoms with van der Waals surface area (Å²) in [5, 5.41) is 2.58. The number of carbonyl (C=O) groups is 1. The predicted octanol–water partition coefficient (Wildman–Crippen LogP) is 5.43. The second-order valence-corrected chi connectivity index (χ2v) is 6.36. The fourth-order valence-corrected chi connectivity index (χ4v) is 2.64. The summed E-state index contributed by atoms with van der Waals surface area (Å²) in [4.78, 5) is 18.9. The maximum absolute atomic E-state index is 11.5. The molecule has 0 saturated carbocycles. The van der Waals surface area contributed by atoms with Crippen molar-refractivity contribution in [1.82, 2.24) is 9.97 Å². The van der Waals surface area contributed by atoms with Gasteiger partial charge in [0.2, 0.25) is 5.95 Å². The molecule has 2 aromatic carbocycles. The molecular formula is C21H23N3O2. The third-order valence-electron chi connectivity index (χ3n) is 4.07. The number of hydrogen-bond acceptors (Lipinski definition) is 3. The zero-order valence-electron chi connectivity index (χ0n) is 15.2. The van der Waals surface area contributed by atoms with Crippen LogP contribution in [0.15, 0.2) is 42.5 Å². The van der Waals surface area contributed by atoms with Crippen molar-refractivity contribution in [2.24, 2.45) is 0 Å². The van der Waals surface area contributed by atoms with Crippen LogP contribution >= 0.6 is 0 Å². The van der Waals surface area contributed by atoms with Crippen molar-refractivity contribution in [3.63, 3.8) is 0 Å². The minimum Gasteiger partial charge on any atom is -0.450 e. The minimum atomic E-state index is -0.517. The number of aromatic nitrogens is 2. The van der Waals surface area contributed by atoms with Gasteiger partial charge in [0.1, 0.15) is 0 Å². The number of ether oxygens (including phenoxy) is 1. The van der Waals surface area contributed by atoms with Crippen molar-refractivity contribution >= 4 is 35.2 Å². The number of imidazole rings is 1. The van der Waals surface area contributed by atoms with Crippen LogP contribution in [0.25, 0.3) is 23.2 Å². The second-order valence-electron chi connectivity index (χ2n) is 6.36. The third-order valence-corrected chi connectivity index (χ3v) is 4.07. The van der Waals surface area contributed by atoms with Crippen LogP contribution in [0.4, 0.5) is 10.7 Å². The van der Waals surface area contributed by atoms with E-state index in [9.17, 15) is 4.79 Å². The quantitative estimate of drug-likeness (QED) is 0.604. The van der Waals surface area contributed by atoms with Crippen LogP contribution in [-0.4, -0.2) is 22.7 Å². The van der Waals surface area contributed by atoms with Crippen LogP contribution in [0.5, 0.6) is 0 Å². The standard InChI is InChI=1S/C21H23N3O2/c1-4-26-21(25)24-20-22-18-12-9-16(13-19(18)23-20)6-5-15-7-10-17(11-8-15)14(2)3/h5-14H,4H2,1-3H3,(H2,22,23,24,25)/b6-5+. The van der Waals surface area contributed by atoms with Crippen LogP contribution in [0, 0.1) is 0 Å². The molecule has 2 N–H and O–H groups in total. The highest BCUT2D eigenvalue weighted by Crippen LogP contribution is 2.19. The first kappa shape index (κ1) is 17.7. The van der Waals surface area contributed by atoms with E-state index in [0.717, 1.165) is 22.2 Å². The van der Waals surface area contributed by atoms with Crippen molar-refractivity contribution in [1.29, 1.82) is 0 Å². The Labute approximate surface area is 153 Å². The molecule has 1 aromatic heterocycles. The van der Waals surface area contributed by atoms with Crippen molar-refractivity contribution in [2.75, 3.05) is 11.9 Å². The molecule has 0 bridgehead atoms. The van der Waals surface area contributed by atoms with Gasteiger partial charge in [-0.15, -0.1) is 0 Å². The normalized spacial score (nSPS) is 11.4. The van der Waals surface area contributed by atoms with Crippen LogP contribution in [0.1, 0.15) is 43.4 Å². The largest absolute Gasteiger partial charge is 0.450 e. The Bertz CT molecular complexity index is 924. The molecule has 0 unspecified atom stereocenters. The van der Waals surface area contributed by atoms with Crippen molar-refractivity contribution < 1.29 is 9.53 Å². The Balaban J connectivity index is 1.75. The molecule has 1 amide bonds. The lowest BCUT2D eigenvalue weighted by Gasteiger charge is -2.04. The molecule has 0 spiro atoms. The lowest BCUT2D eigenvalue weighted by Crippen LogP contribution is -2.14. The van der Waals surface area contributed by atoms with E-state index in [4.69, 9.17) is 4.74 Å². The van der Waals surface area contributed by atoms with Gasteiger partial charge in [0.25, 0.3) is 0 Å². The van der Waals surface area contributed by atoms with E-state index in [2.05, 4.69) is 65.5 Å². The Kier molecular flexibility index (Phi) is 5.37. The Morgan fingerprint density at radius 1 is 1.15 bits per heavy atom. The van der Waals surface area contributed by atoms with Gasteiger partial charge in [0.15, 0.2) is 0 Å². The van der Waals surface area contributed by atoms with Gasteiger partial charge in [-0.05, 0) is 41.7 Å². The molecule has 0 saturated heterocycles. The molecule has 3 rings (SSSR count). The van der Waals surface area contributed by atoms with Gasteiger partial charge >= 0.3 is 6.09 Å². The Morgan fingerprint density at radius 2 is 1.85 bits per heavy atom. The maximum Gasteiger partial charge on any atom is 0.413 e. The predicted molar refractivity (Wildman–Crippen MR) is 106 cm³/mol. The molecular weight excluding hydrogens is 326 g/mol. The zero-order valence-corrected chi connectivity index (χ0v) is 15.2. The van der Waals surface area contributed by atoms with E-state index in [-0.39, 0.29) is 0 Å². The number of aromatic amines is 1. The molecule has 0 aliphatic carbocycles. The maximum atomic E-state index is 11.5. The van der Waals surface area contributed by atoms with E-state index in [1.54, 1.807) is 6.92 Å². The van der Waals surface area contributed by atoms with E-state index in [1.807, 2.05) is 18.2 Å². The number of anilines is 1. The number of hydrogen-bond donors (Lipinski definition) is 2. The van der Waals surface area contributed by atoms with E-state index in [0.29, 0.717) is 18.5 Å². The summed E-state index contributed by atoms with van der Waals surface area (Å²) >= 11 is 0. The molecule has 1 heterocycles. The number of carbonyl (C=O) groups excluding carboxylic acids is 1. The van der Waals surface area contributed by atoms with E-state index < -0.39 is 6.09 Å². The molecule has 26 heavy (non-hydrogen) atoms. The average Bonchev–Trinajstić information content (AvgIpc) is 3.01. The van der Waals surface area contributed by atoms with E-state index >= 15 is 0 Å². The van der Waals surface area contributed by atoms with Crippen LogP contribution in [-0.2, 0) is 4.74 Å². The van der Waals surface area contributed by atoms with E-state index in [1.165, 1.54) is 5.56 Å². The Hall–Kier alpha value is -3.08. The summed E-state index contributed by atoms with van der Waals surface area (Å²) in [5.41, 5.74) is 5.19. The lowest BCUT2D eigenvalue weighted by atomic mass is 10.0. The molecule has 3 aromatic rings. The highest BCUT2D eigenvalue weighted by Gasteiger charge is 2.07. The summed E-state index contributed by atoms with van der Waals surface area (Å²) in [6, 6.07) is 14.5. The number of nitrogens with one attached hydrogen (secondary N) is 2. The summed E-state index contributed by atoms with van der Waals surface area (Å²) in [5.74, 6) is 0.914. The van der Waals surface area contributed by atoms with Gasteiger partial charge < -0.3 is 9.72 Å². The van der Waals surface area contributed by atoms with Gasteiger partial charge in [0.05, 0.1) is 17.6 Å². The molecule has 0 atom stereocenters. The highest BCUT2D eigenvalue weighted by atomic mass is 16.5. The van der Waals surface area contributed by atoms with Crippen molar-refractivity contribution in [2.45, 2.75) is 26.7 Å². The molecule has 0 aliphatic heterocycles. The first-order chi connectivity index (χ1) is 12.5. The van der Waals surface area contributed by atoms with Crippen LogP contribution in [0.3, 0.4) is 0 Å². The zero-order chi connectivity index (χ0) is 18.5. The van der Waals surface area contributed by atoms with Gasteiger partial charge in [-0.1, -0.05) is 56.3 Å². The summed E-state index contributed by atoms with van der Waals surface area (Å²) in [7, 11) is 0. The van der Waals surface area contributed by atoms with Crippen LogP contribution < -0.4 is 5.32 Å². The molecule has 0 aliphatic rings. The number of fused-ring (bicyclic) bond motifs is 1. The van der Waals surface area contributed by atoms with Gasteiger partial charge in [0, 0.05) is 0 Å². The van der Waals surface area contributed by atoms with Crippen LogP contribution in [0.2, 0.25) is 0 Å². The van der Waals surface area contributed by atoms with Gasteiger partial charge in [-0.3, -0.25) is 5.32 Å². The number of amides is 1. The van der Waals surface area contributed by atoms with Gasteiger partial charge in [-0.2, -0.15) is 0 Å². The second kappa shape index (κ2) is 7.87. The summed E-state index contributed by atoms with van der Waals surface area (Å²) < 4.78 is 4.85. The summed E-state index contributed by atoms with van der Waals surface area (Å²) in [6.45, 7) is 6.46. The topological polar surface area (TPSA) is 67.0 Å². The minimum absolute atomic E-state index is 0.319. The number of H-pyrrole nitrogens is 1. The Morgan fingerprint density at radius 3 is 2.54 bits per heavy atom. The first-order valence-electron chi connectivity index (χ1n) is 8.76. The monoisotopic (exact) mass is 349 g/mol. The van der Waals surface area contributed by atoms with Gasteiger partial charge in [-0.25, -0.2) is 9.78 Å². The summed E-state index contributed by atoms with van der Waals surface area (Å²) in [6.07, 6.45) is 3.62. The SMILES string of the molecule is CCOC(=O)Nc1nc2ccc(/C=C/c3ccc(C(C)C)cc3)cc2[nH]1. The lowest BCUT2D eigenvalue weighted by molar-refractivity contribution is 0.167. The number of benzene rings is 2. The van der Waals surface area contributed by atoms with Crippen molar-refractivity contribution in [3.8, 4) is 0 Å². The third kappa shape index (κ3) is 4.30. The highest BCUT2D eigenvalue weighted by molar-refractivity contribution is 5.87. The first-order valence-corrected chi connectivity index (χ1v) is 8.76. The number of nitrogens with zero attached hydrogens (tertiary/aromatic N) is 1. The fraction of sp³-hybridized carbons (Fsp3) is 0.238. The molecule has 134 valence electrons. The number of rotatable bonds is 5. The molecule has 5 heteroatoms. The molecule has 5 nitrogen and oxygen atoms in total. The molecule has 0 fully saturated rings. The average molecular weight is 349 g/mol. The fourth-order valence-electron chi connectivity index (χ4n) is 2.64. The molecule has 0 radical (unpaired) electrons. The smallest absolute Gasteiger partial charge is 0.413 e. The van der Waals surface area contributed by atoms with Crippen molar-refractivity contribution in [3.05, 3.63) is 59.2 Å².